The fourth-order valence-electron chi connectivity index (χ4n) is 1.65. The lowest BCUT2D eigenvalue weighted by Crippen LogP contribution is -2.39. The number of nitrogens with one attached hydrogen (secondary N) is 2. The highest BCUT2D eigenvalue weighted by molar-refractivity contribution is 5.81. The van der Waals surface area contributed by atoms with Gasteiger partial charge in [-0.3, -0.25) is 4.79 Å². The highest BCUT2D eigenvalue weighted by Gasteiger charge is 2.10. The zero-order valence-corrected chi connectivity index (χ0v) is 11.8. The molecule has 0 aliphatic carbocycles. The van der Waals surface area contributed by atoms with Crippen molar-refractivity contribution >= 4 is 11.6 Å². The van der Waals surface area contributed by atoms with E-state index < -0.39 is 0 Å². The summed E-state index contributed by atoms with van der Waals surface area (Å²) < 4.78 is 0. The summed E-state index contributed by atoms with van der Waals surface area (Å²) in [5.74, 6) is 0.499. The molecule has 0 aromatic heterocycles. The molecule has 2 N–H and O–H groups in total. The number of amides is 1. The van der Waals surface area contributed by atoms with Gasteiger partial charge in [0.25, 0.3) is 0 Å². The molecule has 0 aliphatic heterocycles. The molecule has 100 valence electrons. The Balaban J connectivity index is 2.47. The van der Waals surface area contributed by atoms with Crippen LogP contribution in [0, 0.1) is 5.92 Å². The van der Waals surface area contributed by atoms with Gasteiger partial charge in [0.05, 0.1) is 6.54 Å². The van der Waals surface area contributed by atoms with Crippen molar-refractivity contribution in [2.24, 2.45) is 5.92 Å². The van der Waals surface area contributed by atoms with Crippen LogP contribution in [0.2, 0.25) is 0 Å². The average molecular weight is 248 g/mol. The van der Waals surface area contributed by atoms with Gasteiger partial charge in [0.2, 0.25) is 5.91 Å². The van der Waals surface area contributed by atoms with Crippen molar-refractivity contribution in [3.63, 3.8) is 0 Å². The molecule has 0 bridgehead atoms. The molecule has 1 aromatic rings. The van der Waals surface area contributed by atoms with Crippen LogP contribution in [0.4, 0.5) is 5.69 Å². The molecular weight excluding hydrogens is 224 g/mol. The topological polar surface area (TPSA) is 41.1 Å². The van der Waals surface area contributed by atoms with Gasteiger partial charge in [-0.25, -0.2) is 0 Å². The van der Waals surface area contributed by atoms with Gasteiger partial charge in [-0.05, 0) is 30.9 Å². The van der Waals surface area contributed by atoms with Crippen LogP contribution in [0.15, 0.2) is 24.3 Å². The first-order valence-corrected chi connectivity index (χ1v) is 6.65. The largest absolute Gasteiger partial charge is 0.376 e. The quantitative estimate of drug-likeness (QED) is 0.813. The van der Waals surface area contributed by atoms with Crippen LogP contribution in [-0.4, -0.2) is 18.5 Å². The highest BCUT2D eigenvalue weighted by atomic mass is 16.1. The number of rotatable bonds is 6. The molecule has 0 fully saturated rings. The number of carbonyl (C=O) groups is 1. The first kappa shape index (κ1) is 14.6. The molecule has 0 saturated carbocycles. The van der Waals surface area contributed by atoms with Gasteiger partial charge in [-0.15, -0.1) is 0 Å². The fourth-order valence-corrected chi connectivity index (χ4v) is 1.65. The molecule has 1 amide bonds. The van der Waals surface area contributed by atoms with Crippen LogP contribution in [-0.2, 0) is 11.2 Å². The third-order valence-corrected chi connectivity index (χ3v) is 3.23. The van der Waals surface area contributed by atoms with Gasteiger partial charge in [0.1, 0.15) is 0 Å². The van der Waals surface area contributed by atoms with E-state index in [9.17, 15) is 4.79 Å². The molecule has 18 heavy (non-hydrogen) atoms. The van der Waals surface area contributed by atoms with Crippen molar-refractivity contribution < 1.29 is 4.79 Å². The van der Waals surface area contributed by atoms with E-state index in [0.29, 0.717) is 12.5 Å². The molecule has 1 atom stereocenters. The maximum Gasteiger partial charge on any atom is 0.239 e. The van der Waals surface area contributed by atoms with Crippen molar-refractivity contribution in [1.29, 1.82) is 0 Å². The van der Waals surface area contributed by atoms with Crippen LogP contribution in [0.1, 0.15) is 33.3 Å². The fraction of sp³-hybridized carbons (Fsp3) is 0.533. The number of anilines is 1. The first-order valence-electron chi connectivity index (χ1n) is 6.65. The minimum absolute atomic E-state index is 0.0436. The van der Waals surface area contributed by atoms with Crippen molar-refractivity contribution in [2.45, 2.75) is 40.2 Å². The van der Waals surface area contributed by atoms with Crippen molar-refractivity contribution in [3.05, 3.63) is 29.8 Å². The molecule has 0 saturated heterocycles. The number of para-hydroxylation sites is 1. The van der Waals surface area contributed by atoms with E-state index in [1.54, 1.807) is 0 Å². The predicted molar refractivity (Wildman–Crippen MR) is 76.8 cm³/mol. The molecule has 0 heterocycles. The maximum absolute atomic E-state index is 11.8. The summed E-state index contributed by atoms with van der Waals surface area (Å²) in [7, 11) is 0. The van der Waals surface area contributed by atoms with Crippen LogP contribution in [0.3, 0.4) is 0 Å². The lowest BCUT2D eigenvalue weighted by molar-refractivity contribution is -0.120. The average Bonchev–Trinajstić information content (AvgIpc) is 2.36. The van der Waals surface area contributed by atoms with E-state index in [1.165, 1.54) is 5.56 Å². The number of benzene rings is 1. The molecule has 0 aliphatic rings. The molecular formula is C15H24N2O. The second-order valence-corrected chi connectivity index (χ2v) is 4.96. The Labute approximate surface area is 110 Å². The van der Waals surface area contributed by atoms with Crippen molar-refractivity contribution in [1.82, 2.24) is 5.32 Å². The zero-order valence-electron chi connectivity index (χ0n) is 11.8. The minimum atomic E-state index is 0.0436. The van der Waals surface area contributed by atoms with Crippen LogP contribution < -0.4 is 10.6 Å². The number of hydrogen-bond donors (Lipinski definition) is 2. The molecule has 1 aromatic carbocycles. The van der Waals surface area contributed by atoms with Crippen LogP contribution in [0.5, 0.6) is 0 Å². The second kappa shape index (κ2) is 7.04. The standard InChI is InChI=1S/C15H24N2O/c1-5-13-8-6-7-9-14(13)16-10-15(18)17-12(4)11(2)3/h6-9,11-12,16H,5,10H2,1-4H3,(H,17,18). The van der Waals surface area contributed by atoms with Crippen LogP contribution in [0.25, 0.3) is 0 Å². The van der Waals surface area contributed by atoms with E-state index >= 15 is 0 Å². The molecule has 3 nitrogen and oxygen atoms in total. The molecule has 1 rings (SSSR count). The Bertz CT molecular complexity index is 388. The summed E-state index contributed by atoms with van der Waals surface area (Å²) in [5, 5.41) is 6.18. The number of hydrogen-bond acceptors (Lipinski definition) is 2. The SMILES string of the molecule is CCc1ccccc1NCC(=O)NC(C)C(C)C. The summed E-state index contributed by atoms with van der Waals surface area (Å²) in [6.45, 7) is 8.67. The zero-order chi connectivity index (χ0) is 13.5. The number of carbonyl (C=O) groups excluding carboxylic acids is 1. The second-order valence-electron chi connectivity index (χ2n) is 4.96. The third kappa shape index (κ3) is 4.40. The lowest BCUT2D eigenvalue weighted by atomic mass is 10.1. The summed E-state index contributed by atoms with van der Waals surface area (Å²) >= 11 is 0. The monoisotopic (exact) mass is 248 g/mol. The summed E-state index contributed by atoms with van der Waals surface area (Å²) in [6.07, 6.45) is 0.965. The first-order chi connectivity index (χ1) is 8.54. The normalized spacial score (nSPS) is 12.3. The summed E-state index contributed by atoms with van der Waals surface area (Å²) in [5.41, 5.74) is 2.29. The smallest absolute Gasteiger partial charge is 0.239 e. The van der Waals surface area contributed by atoms with Gasteiger partial charge in [-0.1, -0.05) is 39.0 Å². The highest BCUT2D eigenvalue weighted by Crippen LogP contribution is 2.14. The van der Waals surface area contributed by atoms with Crippen LogP contribution >= 0.6 is 0 Å². The molecule has 1 unspecified atom stereocenters. The van der Waals surface area contributed by atoms with E-state index in [4.69, 9.17) is 0 Å². The Hall–Kier alpha value is -1.51. The van der Waals surface area contributed by atoms with E-state index in [-0.39, 0.29) is 11.9 Å². The van der Waals surface area contributed by atoms with Gasteiger partial charge in [0, 0.05) is 11.7 Å². The Kier molecular flexibility index (Phi) is 5.69. The van der Waals surface area contributed by atoms with Gasteiger partial charge in [0.15, 0.2) is 0 Å². The third-order valence-electron chi connectivity index (χ3n) is 3.23. The Morgan fingerprint density at radius 1 is 1.22 bits per heavy atom. The summed E-state index contributed by atoms with van der Waals surface area (Å²) in [6, 6.07) is 8.30. The number of aryl methyl sites for hydroxylation is 1. The van der Waals surface area contributed by atoms with E-state index in [2.05, 4.69) is 37.5 Å². The molecule has 0 radical (unpaired) electrons. The van der Waals surface area contributed by atoms with Crippen molar-refractivity contribution in [2.75, 3.05) is 11.9 Å². The predicted octanol–water partition coefficient (Wildman–Crippen LogP) is 2.82. The van der Waals surface area contributed by atoms with Crippen molar-refractivity contribution in [3.8, 4) is 0 Å². The maximum atomic E-state index is 11.8. The van der Waals surface area contributed by atoms with Gasteiger partial charge in [-0.2, -0.15) is 0 Å². The molecule has 0 spiro atoms. The van der Waals surface area contributed by atoms with Gasteiger partial charge < -0.3 is 10.6 Å². The van der Waals surface area contributed by atoms with Gasteiger partial charge >= 0.3 is 0 Å². The molecule has 3 heteroatoms. The Morgan fingerprint density at radius 3 is 2.50 bits per heavy atom. The van der Waals surface area contributed by atoms with E-state index in [1.807, 2.05) is 25.1 Å². The Morgan fingerprint density at radius 2 is 1.89 bits per heavy atom. The van der Waals surface area contributed by atoms with E-state index in [0.717, 1.165) is 12.1 Å². The summed E-state index contributed by atoms with van der Waals surface area (Å²) in [4.78, 5) is 11.8. The minimum Gasteiger partial charge on any atom is -0.376 e. The lowest BCUT2D eigenvalue weighted by Gasteiger charge is -2.18.